The summed E-state index contributed by atoms with van der Waals surface area (Å²) in [6.45, 7) is 9.14. The minimum atomic E-state index is 0.0101. The summed E-state index contributed by atoms with van der Waals surface area (Å²) in [6, 6.07) is 0. The SMILES string of the molecule is CCn1c(Cl)nnc1C(C)(C)C. The van der Waals surface area contributed by atoms with E-state index in [1.54, 1.807) is 0 Å². The van der Waals surface area contributed by atoms with Gasteiger partial charge in [-0.05, 0) is 18.5 Å². The van der Waals surface area contributed by atoms with Crippen molar-refractivity contribution in [3.8, 4) is 0 Å². The fraction of sp³-hybridized carbons (Fsp3) is 0.750. The molecule has 0 atom stereocenters. The largest absolute Gasteiger partial charge is 0.302 e. The standard InChI is InChI=1S/C8H14ClN3/c1-5-12-6(8(2,3)4)10-11-7(12)9/h5H2,1-4H3. The van der Waals surface area contributed by atoms with E-state index in [1.165, 1.54) is 0 Å². The molecule has 3 nitrogen and oxygen atoms in total. The van der Waals surface area contributed by atoms with Crippen molar-refractivity contribution in [2.75, 3.05) is 0 Å². The van der Waals surface area contributed by atoms with Gasteiger partial charge in [0.25, 0.3) is 0 Å². The normalized spacial score (nSPS) is 12.1. The van der Waals surface area contributed by atoms with Crippen LogP contribution in [0, 0.1) is 0 Å². The predicted octanol–water partition coefficient (Wildman–Crippen LogP) is 2.25. The molecule has 0 aromatic carbocycles. The Bertz CT molecular complexity index is 272. The van der Waals surface area contributed by atoms with Crippen LogP contribution in [0.15, 0.2) is 0 Å². The van der Waals surface area contributed by atoms with E-state index in [0.717, 1.165) is 12.4 Å². The maximum absolute atomic E-state index is 5.84. The van der Waals surface area contributed by atoms with Gasteiger partial charge >= 0.3 is 0 Å². The number of nitrogens with zero attached hydrogens (tertiary/aromatic N) is 3. The lowest BCUT2D eigenvalue weighted by Crippen LogP contribution is -2.18. The minimum Gasteiger partial charge on any atom is -0.302 e. The zero-order valence-electron chi connectivity index (χ0n) is 7.93. The van der Waals surface area contributed by atoms with Gasteiger partial charge in [0.05, 0.1) is 0 Å². The lowest BCUT2D eigenvalue weighted by molar-refractivity contribution is 0.505. The first kappa shape index (κ1) is 9.52. The summed E-state index contributed by atoms with van der Waals surface area (Å²) in [4.78, 5) is 0. The zero-order chi connectivity index (χ0) is 9.35. The van der Waals surface area contributed by atoms with Crippen LogP contribution in [-0.2, 0) is 12.0 Å². The van der Waals surface area contributed by atoms with E-state index < -0.39 is 0 Å². The lowest BCUT2D eigenvalue weighted by Gasteiger charge is -2.17. The highest BCUT2D eigenvalue weighted by Crippen LogP contribution is 2.22. The number of hydrogen-bond acceptors (Lipinski definition) is 2. The fourth-order valence-electron chi connectivity index (χ4n) is 1.12. The summed E-state index contributed by atoms with van der Waals surface area (Å²) in [5.74, 6) is 0.940. The van der Waals surface area contributed by atoms with Crippen molar-refractivity contribution >= 4 is 11.6 Å². The van der Waals surface area contributed by atoms with Crippen molar-refractivity contribution < 1.29 is 0 Å². The van der Waals surface area contributed by atoms with E-state index in [-0.39, 0.29) is 5.41 Å². The molecule has 4 heteroatoms. The summed E-state index contributed by atoms with van der Waals surface area (Å²) in [5, 5.41) is 8.35. The molecule has 0 radical (unpaired) electrons. The molecule has 1 rings (SSSR count). The van der Waals surface area contributed by atoms with Gasteiger partial charge in [-0.2, -0.15) is 0 Å². The third-order valence-electron chi connectivity index (χ3n) is 1.69. The van der Waals surface area contributed by atoms with Crippen LogP contribution in [0.5, 0.6) is 0 Å². The topological polar surface area (TPSA) is 30.7 Å². The van der Waals surface area contributed by atoms with E-state index in [1.807, 2.05) is 11.5 Å². The van der Waals surface area contributed by atoms with Gasteiger partial charge in [-0.1, -0.05) is 20.8 Å². The third kappa shape index (κ3) is 1.61. The number of aromatic nitrogens is 3. The Morgan fingerprint density at radius 2 is 1.92 bits per heavy atom. The molecular formula is C8H14ClN3. The highest BCUT2D eigenvalue weighted by atomic mass is 35.5. The molecule has 0 unspecified atom stereocenters. The van der Waals surface area contributed by atoms with Crippen LogP contribution in [0.1, 0.15) is 33.5 Å². The van der Waals surface area contributed by atoms with Crippen molar-refractivity contribution in [1.29, 1.82) is 0 Å². The second-order valence-electron chi connectivity index (χ2n) is 3.79. The monoisotopic (exact) mass is 187 g/mol. The summed E-state index contributed by atoms with van der Waals surface area (Å²) in [6.07, 6.45) is 0. The molecule has 0 aliphatic heterocycles. The Balaban J connectivity index is 3.16. The van der Waals surface area contributed by atoms with Gasteiger partial charge in [0, 0.05) is 12.0 Å². The molecule has 0 N–H and O–H groups in total. The molecule has 68 valence electrons. The summed E-state index contributed by atoms with van der Waals surface area (Å²) < 4.78 is 1.92. The fourth-order valence-corrected chi connectivity index (χ4v) is 1.36. The van der Waals surface area contributed by atoms with E-state index >= 15 is 0 Å². The molecule has 0 fully saturated rings. The molecule has 1 aromatic heterocycles. The van der Waals surface area contributed by atoms with E-state index in [9.17, 15) is 0 Å². The average Bonchev–Trinajstić information content (AvgIpc) is 2.29. The Labute approximate surface area is 77.8 Å². The first-order chi connectivity index (χ1) is 5.46. The molecule has 0 amide bonds. The Kier molecular flexibility index (Phi) is 2.42. The van der Waals surface area contributed by atoms with Gasteiger partial charge in [-0.3, -0.25) is 0 Å². The second-order valence-corrected chi connectivity index (χ2v) is 4.12. The minimum absolute atomic E-state index is 0.0101. The zero-order valence-corrected chi connectivity index (χ0v) is 8.68. The van der Waals surface area contributed by atoms with Crippen LogP contribution in [0.25, 0.3) is 0 Å². The third-order valence-corrected chi connectivity index (χ3v) is 1.97. The molecule has 0 bridgehead atoms. The van der Waals surface area contributed by atoms with Crippen molar-refractivity contribution in [3.05, 3.63) is 11.1 Å². The maximum Gasteiger partial charge on any atom is 0.225 e. The van der Waals surface area contributed by atoms with Crippen LogP contribution >= 0.6 is 11.6 Å². The molecular weight excluding hydrogens is 174 g/mol. The predicted molar refractivity (Wildman–Crippen MR) is 49.4 cm³/mol. The maximum atomic E-state index is 5.84. The smallest absolute Gasteiger partial charge is 0.225 e. The average molecular weight is 188 g/mol. The molecule has 0 spiro atoms. The summed E-state index contributed by atoms with van der Waals surface area (Å²) >= 11 is 5.84. The van der Waals surface area contributed by atoms with Gasteiger partial charge in [0.15, 0.2) is 0 Å². The summed E-state index contributed by atoms with van der Waals surface area (Å²) in [7, 11) is 0. The molecule has 1 heterocycles. The van der Waals surface area contributed by atoms with Crippen LogP contribution in [-0.4, -0.2) is 14.8 Å². The van der Waals surface area contributed by atoms with Gasteiger partial charge in [-0.15, -0.1) is 10.2 Å². The Morgan fingerprint density at radius 3 is 2.25 bits per heavy atom. The van der Waals surface area contributed by atoms with Crippen molar-refractivity contribution in [2.45, 2.75) is 39.7 Å². The molecule has 0 aliphatic rings. The van der Waals surface area contributed by atoms with Crippen LogP contribution in [0.4, 0.5) is 0 Å². The van der Waals surface area contributed by atoms with Gasteiger partial charge in [-0.25, -0.2) is 0 Å². The van der Waals surface area contributed by atoms with Gasteiger partial charge < -0.3 is 4.57 Å². The van der Waals surface area contributed by atoms with Crippen LogP contribution < -0.4 is 0 Å². The molecule has 0 aliphatic carbocycles. The van der Waals surface area contributed by atoms with Crippen molar-refractivity contribution in [1.82, 2.24) is 14.8 Å². The van der Waals surface area contributed by atoms with Crippen LogP contribution in [0.3, 0.4) is 0 Å². The van der Waals surface area contributed by atoms with Crippen molar-refractivity contribution in [3.63, 3.8) is 0 Å². The molecule has 0 saturated heterocycles. The summed E-state index contributed by atoms with van der Waals surface area (Å²) in [5.41, 5.74) is 0.0101. The Hall–Kier alpha value is -0.570. The van der Waals surface area contributed by atoms with Gasteiger partial charge in [0.1, 0.15) is 5.82 Å². The second kappa shape index (κ2) is 3.05. The number of rotatable bonds is 1. The first-order valence-electron chi connectivity index (χ1n) is 4.06. The molecule has 0 saturated carbocycles. The van der Waals surface area contributed by atoms with Crippen molar-refractivity contribution in [2.24, 2.45) is 0 Å². The van der Waals surface area contributed by atoms with E-state index in [4.69, 9.17) is 11.6 Å². The quantitative estimate of drug-likeness (QED) is 0.675. The lowest BCUT2D eigenvalue weighted by atomic mass is 9.96. The van der Waals surface area contributed by atoms with Crippen LogP contribution in [0.2, 0.25) is 5.28 Å². The molecule has 12 heavy (non-hydrogen) atoms. The highest BCUT2D eigenvalue weighted by molar-refractivity contribution is 6.28. The highest BCUT2D eigenvalue weighted by Gasteiger charge is 2.22. The van der Waals surface area contributed by atoms with E-state index in [0.29, 0.717) is 5.28 Å². The molecule has 1 aromatic rings. The Morgan fingerprint density at radius 1 is 1.33 bits per heavy atom. The first-order valence-corrected chi connectivity index (χ1v) is 4.43. The van der Waals surface area contributed by atoms with Gasteiger partial charge in [0.2, 0.25) is 5.28 Å². The number of hydrogen-bond donors (Lipinski definition) is 0. The number of halogens is 1. The van der Waals surface area contributed by atoms with E-state index in [2.05, 4.69) is 31.0 Å².